The summed E-state index contributed by atoms with van der Waals surface area (Å²) in [6.07, 6.45) is 4.75. The van der Waals surface area contributed by atoms with Crippen LogP contribution in [0.3, 0.4) is 0 Å². The van der Waals surface area contributed by atoms with Gasteiger partial charge < -0.3 is 29.9 Å². The van der Waals surface area contributed by atoms with E-state index >= 15 is 0 Å². The molecule has 16 nitrogen and oxygen atoms in total. The highest BCUT2D eigenvalue weighted by Crippen LogP contribution is 2.24. The van der Waals surface area contributed by atoms with Crippen molar-refractivity contribution in [3.05, 3.63) is 97.1 Å². The van der Waals surface area contributed by atoms with Crippen molar-refractivity contribution in [1.82, 2.24) is 0 Å². The van der Waals surface area contributed by atoms with Crippen molar-refractivity contribution in [3.63, 3.8) is 0 Å². The maximum absolute atomic E-state index is 12.0. The molecule has 0 bridgehead atoms. The van der Waals surface area contributed by atoms with Crippen LogP contribution in [0.2, 0.25) is 0 Å². The molecule has 408 valence electrons. The molecule has 0 aliphatic heterocycles. The minimum atomic E-state index is -0.388. The van der Waals surface area contributed by atoms with Gasteiger partial charge in [0.1, 0.15) is 39.6 Å². The summed E-state index contributed by atoms with van der Waals surface area (Å²) in [5, 5.41) is 5.73. The summed E-state index contributed by atoms with van der Waals surface area (Å²) in [6, 6.07) is 14.1. The van der Waals surface area contributed by atoms with Crippen LogP contribution in [0, 0.1) is 22.7 Å². The van der Waals surface area contributed by atoms with E-state index in [1.165, 1.54) is 0 Å². The maximum Gasteiger partial charge on any atom is 0.311 e. The molecule has 2 rings (SSSR count). The third-order valence-electron chi connectivity index (χ3n) is 10.2. The Kier molecular flexibility index (Phi) is 38.3. The highest BCUT2D eigenvalue weighted by molar-refractivity contribution is 5.94. The SMILES string of the molecule is C=C(C)COOCCCCOC(=O)C(C)(C)CC.C=C(C)COOCCOC(=O)C(C)CC.C=C(C)COOc1ccc(NC(=O)C(C)(C)CC)cc1.C=C(C)COOc1ccc(NC(=O)C(C)CC)cc1. The minimum absolute atomic E-state index is 0.00667. The summed E-state index contributed by atoms with van der Waals surface area (Å²) in [6.45, 7) is 44.3. The van der Waals surface area contributed by atoms with Crippen molar-refractivity contribution < 1.29 is 67.8 Å². The zero-order valence-electron chi connectivity index (χ0n) is 46.2. The standard InChI is InChI=1S/C16H23NO3.C15H21NO3.C14H26O4.C11H20O4/c1-6-16(4,5)15(18)17-13-7-9-14(10-8-13)20-19-11-12(2)3;1-5-12(4)15(17)16-13-6-8-14(9-7-13)19-18-10-11(2)3;1-6-14(4,5)13(15)16-9-7-8-10-17-18-11-12(2)3;1-5-10(4)11(12)13-6-7-14-15-8-9(2)3/h7-10H,2,6,11H2,1,3-5H3,(H,17,18);6-9,12H,2,5,10H2,1,3-4H3,(H,16,17);2,6-11H2,1,3-5H3;10H,2,5-8H2,1,3-4H3. The lowest BCUT2D eigenvalue weighted by Crippen LogP contribution is -2.29. The van der Waals surface area contributed by atoms with Gasteiger partial charge in [0.05, 0.1) is 24.5 Å². The number of hydrogen-bond acceptors (Lipinski definition) is 14. The molecule has 0 aliphatic rings. The maximum atomic E-state index is 12.0. The lowest BCUT2D eigenvalue weighted by atomic mass is 9.89. The lowest BCUT2D eigenvalue weighted by molar-refractivity contribution is -0.291. The molecule has 16 heteroatoms. The number of unbranched alkanes of at least 4 members (excludes halogenated alkanes) is 1. The number of benzene rings is 2. The highest BCUT2D eigenvalue weighted by Gasteiger charge is 2.27. The Bertz CT molecular complexity index is 1880. The Morgan fingerprint density at radius 2 is 0.903 bits per heavy atom. The summed E-state index contributed by atoms with van der Waals surface area (Å²) < 4.78 is 10.1. The van der Waals surface area contributed by atoms with E-state index in [1.807, 2.05) is 96.9 Å². The Morgan fingerprint density at radius 1 is 0.500 bits per heavy atom. The number of hydrogen-bond donors (Lipinski definition) is 2. The number of carbonyl (C=O) groups is 4. The van der Waals surface area contributed by atoms with E-state index in [0.29, 0.717) is 51.1 Å². The van der Waals surface area contributed by atoms with E-state index in [9.17, 15) is 19.2 Å². The van der Waals surface area contributed by atoms with Gasteiger partial charge in [-0.2, -0.15) is 9.78 Å². The second-order valence-electron chi connectivity index (χ2n) is 18.8. The molecule has 2 aromatic rings. The van der Waals surface area contributed by atoms with Gasteiger partial charge in [-0.15, -0.1) is 0 Å². The molecule has 0 saturated heterocycles. The molecule has 2 N–H and O–H groups in total. The van der Waals surface area contributed by atoms with Crippen molar-refractivity contribution in [2.75, 3.05) is 63.5 Å². The van der Waals surface area contributed by atoms with Gasteiger partial charge in [0.15, 0.2) is 11.5 Å². The molecule has 0 aliphatic carbocycles. The largest absolute Gasteiger partial charge is 0.465 e. The molecule has 0 heterocycles. The first kappa shape index (κ1) is 68.7. The van der Waals surface area contributed by atoms with E-state index in [1.54, 1.807) is 48.5 Å². The zero-order chi connectivity index (χ0) is 55.1. The van der Waals surface area contributed by atoms with Gasteiger partial charge in [-0.3, -0.25) is 19.2 Å². The van der Waals surface area contributed by atoms with Crippen LogP contribution in [0.25, 0.3) is 0 Å². The van der Waals surface area contributed by atoms with Gasteiger partial charge >= 0.3 is 11.9 Å². The average Bonchev–Trinajstić information content (AvgIpc) is 3.33. The van der Waals surface area contributed by atoms with Crippen LogP contribution < -0.4 is 20.4 Å². The third-order valence-corrected chi connectivity index (χ3v) is 10.2. The van der Waals surface area contributed by atoms with Gasteiger partial charge in [-0.05, 0) is 129 Å². The quantitative estimate of drug-likeness (QED) is 0.0232. The Hall–Kier alpha value is -5.36. The molecule has 0 radical (unpaired) electrons. The number of rotatable bonds is 32. The molecule has 0 fully saturated rings. The first-order valence-electron chi connectivity index (χ1n) is 24.7. The second kappa shape index (κ2) is 40.2. The number of nitrogens with one attached hydrogen (secondary N) is 2. The number of carbonyl (C=O) groups excluding carboxylic acids is 4. The zero-order valence-corrected chi connectivity index (χ0v) is 46.2. The molecule has 2 aromatic carbocycles. The van der Waals surface area contributed by atoms with Gasteiger partial charge in [-0.1, -0.05) is 104 Å². The summed E-state index contributed by atoms with van der Waals surface area (Å²) in [7, 11) is 0. The van der Waals surface area contributed by atoms with E-state index in [2.05, 4.69) is 36.9 Å². The summed E-state index contributed by atoms with van der Waals surface area (Å²) in [5.74, 6) is 0.824. The van der Waals surface area contributed by atoms with E-state index in [0.717, 1.165) is 72.2 Å². The number of ether oxygens (including phenoxy) is 2. The summed E-state index contributed by atoms with van der Waals surface area (Å²) in [5.41, 5.74) is 4.30. The summed E-state index contributed by atoms with van der Waals surface area (Å²) in [4.78, 5) is 86.0. The van der Waals surface area contributed by atoms with Crippen LogP contribution in [-0.2, 0) is 58.0 Å². The lowest BCUT2D eigenvalue weighted by Gasteiger charge is -2.21. The van der Waals surface area contributed by atoms with Gasteiger partial charge in [-0.25, -0.2) is 19.6 Å². The van der Waals surface area contributed by atoms with Crippen molar-refractivity contribution in [3.8, 4) is 11.5 Å². The summed E-state index contributed by atoms with van der Waals surface area (Å²) >= 11 is 0. The van der Waals surface area contributed by atoms with Crippen LogP contribution >= 0.6 is 0 Å². The average molecular weight is 1020 g/mol. The van der Waals surface area contributed by atoms with Gasteiger partial charge in [0.2, 0.25) is 11.8 Å². The predicted molar refractivity (Wildman–Crippen MR) is 285 cm³/mol. The fourth-order valence-corrected chi connectivity index (χ4v) is 4.15. The monoisotopic (exact) mass is 1010 g/mol. The molecule has 72 heavy (non-hydrogen) atoms. The van der Waals surface area contributed by atoms with Crippen molar-refractivity contribution >= 4 is 35.1 Å². The Labute approximate surface area is 431 Å². The van der Waals surface area contributed by atoms with Crippen LogP contribution in [0.15, 0.2) is 97.1 Å². The Balaban J connectivity index is 0. The Morgan fingerprint density at radius 3 is 1.32 bits per heavy atom. The van der Waals surface area contributed by atoms with Gasteiger partial charge in [0, 0.05) is 22.7 Å². The molecular formula is C56H90N2O14. The minimum Gasteiger partial charge on any atom is -0.465 e. The first-order valence-corrected chi connectivity index (χ1v) is 24.7. The van der Waals surface area contributed by atoms with Crippen molar-refractivity contribution in [1.29, 1.82) is 0 Å². The number of esters is 2. The first-order chi connectivity index (χ1) is 33.8. The number of amides is 2. The third kappa shape index (κ3) is 36.5. The van der Waals surface area contributed by atoms with E-state index in [4.69, 9.17) is 48.6 Å². The molecule has 2 unspecified atom stereocenters. The van der Waals surface area contributed by atoms with Crippen LogP contribution in [0.4, 0.5) is 11.4 Å². The highest BCUT2D eigenvalue weighted by atomic mass is 17.2. The molecule has 2 amide bonds. The molecular weight excluding hydrogens is 925 g/mol. The fraction of sp³-hybridized carbons (Fsp3) is 0.571. The normalized spacial score (nSPS) is 11.5. The van der Waals surface area contributed by atoms with Gasteiger partial charge in [0.25, 0.3) is 0 Å². The fourth-order valence-electron chi connectivity index (χ4n) is 4.15. The molecule has 0 spiro atoms. The predicted octanol–water partition coefficient (Wildman–Crippen LogP) is 12.9. The topological polar surface area (TPSA) is 185 Å². The van der Waals surface area contributed by atoms with E-state index in [-0.39, 0.29) is 59.6 Å². The molecule has 0 aromatic heterocycles. The van der Waals surface area contributed by atoms with E-state index < -0.39 is 0 Å². The number of anilines is 2. The van der Waals surface area contributed by atoms with Crippen molar-refractivity contribution in [2.45, 2.75) is 135 Å². The smallest absolute Gasteiger partial charge is 0.311 e. The molecule has 2 atom stereocenters. The molecule has 0 saturated carbocycles. The van der Waals surface area contributed by atoms with Crippen LogP contribution in [-0.4, -0.2) is 76.6 Å². The van der Waals surface area contributed by atoms with Crippen molar-refractivity contribution in [2.24, 2.45) is 22.7 Å². The van der Waals surface area contributed by atoms with Crippen LogP contribution in [0.5, 0.6) is 11.5 Å². The second-order valence-corrected chi connectivity index (χ2v) is 18.8. The van der Waals surface area contributed by atoms with Crippen LogP contribution in [0.1, 0.15) is 135 Å².